The maximum Gasteiger partial charge on any atom is 0.303 e. The van der Waals surface area contributed by atoms with Crippen molar-refractivity contribution in [2.24, 2.45) is 0 Å². The molecule has 3 nitrogen and oxygen atoms in total. The van der Waals surface area contributed by atoms with Gasteiger partial charge in [-0.15, -0.1) is 0 Å². The van der Waals surface area contributed by atoms with Crippen LogP contribution >= 0.6 is 0 Å². The second-order valence-corrected chi connectivity index (χ2v) is 4.91. The van der Waals surface area contributed by atoms with Crippen molar-refractivity contribution in [3.63, 3.8) is 0 Å². The van der Waals surface area contributed by atoms with E-state index in [9.17, 15) is 9.90 Å². The third kappa shape index (κ3) is 16.3. The van der Waals surface area contributed by atoms with E-state index < -0.39 is 12.1 Å². The molecular weight excluding hydrogens is 264 g/mol. The van der Waals surface area contributed by atoms with Crippen molar-refractivity contribution in [3.05, 3.63) is 48.6 Å². The van der Waals surface area contributed by atoms with E-state index in [0.717, 1.165) is 25.7 Å². The van der Waals surface area contributed by atoms with Crippen LogP contribution in [-0.4, -0.2) is 22.3 Å². The van der Waals surface area contributed by atoms with Crippen molar-refractivity contribution < 1.29 is 15.0 Å². The van der Waals surface area contributed by atoms with Crippen LogP contribution in [0.25, 0.3) is 0 Å². The highest BCUT2D eigenvalue weighted by Gasteiger charge is 2.06. The lowest BCUT2D eigenvalue weighted by Crippen LogP contribution is -2.09. The van der Waals surface area contributed by atoms with Crippen LogP contribution in [-0.2, 0) is 4.79 Å². The summed E-state index contributed by atoms with van der Waals surface area (Å²) in [5.74, 6) is -0.844. The molecule has 118 valence electrons. The zero-order chi connectivity index (χ0) is 15.8. The highest BCUT2D eigenvalue weighted by Crippen LogP contribution is 2.08. The van der Waals surface area contributed by atoms with Crippen LogP contribution in [0.15, 0.2) is 48.6 Å². The first kappa shape index (κ1) is 19.4. The van der Waals surface area contributed by atoms with Crippen molar-refractivity contribution in [2.45, 2.75) is 58.0 Å². The molecule has 0 rings (SSSR count). The van der Waals surface area contributed by atoms with Crippen molar-refractivity contribution in [2.75, 3.05) is 0 Å². The van der Waals surface area contributed by atoms with Crippen LogP contribution in [0.5, 0.6) is 0 Å². The number of unbranched alkanes of at least 4 members (excludes halogenated alkanes) is 2. The number of hydrogen-bond donors (Lipinski definition) is 2. The van der Waals surface area contributed by atoms with Gasteiger partial charge < -0.3 is 10.2 Å². The molecule has 0 aromatic rings. The summed E-state index contributed by atoms with van der Waals surface area (Å²) in [6.45, 7) is 2.11. The summed E-state index contributed by atoms with van der Waals surface area (Å²) >= 11 is 0. The van der Waals surface area contributed by atoms with E-state index in [4.69, 9.17) is 5.11 Å². The first-order valence-corrected chi connectivity index (χ1v) is 7.71. The van der Waals surface area contributed by atoms with Crippen LogP contribution in [0.2, 0.25) is 0 Å². The largest absolute Gasteiger partial charge is 0.481 e. The fourth-order valence-corrected chi connectivity index (χ4v) is 1.72. The van der Waals surface area contributed by atoms with Gasteiger partial charge in [0.1, 0.15) is 0 Å². The lowest BCUT2D eigenvalue weighted by molar-refractivity contribution is -0.137. The smallest absolute Gasteiger partial charge is 0.303 e. The second-order valence-electron chi connectivity index (χ2n) is 4.91. The molecule has 0 aliphatic carbocycles. The Morgan fingerprint density at radius 1 is 0.952 bits per heavy atom. The second kappa shape index (κ2) is 14.8. The highest BCUT2D eigenvalue weighted by atomic mass is 16.4. The summed E-state index contributed by atoms with van der Waals surface area (Å²) in [5, 5.41) is 18.1. The molecule has 0 aliphatic heterocycles. The summed E-state index contributed by atoms with van der Waals surface area (Å²) in [7, 11) is 0. The normalized spacial score (nSPS) is 14.0. The lowest BCUT2D eigenvalue weighted by Gasteiger charge is -2.07. The molecule has 0 saturated heterocycles. The molecule has 0 amide bonds. The third-order valence-corrected chi connectivity index (χ3v) is 2.91. The SMILES string of the molecule is CCC=CC=CC=CC=CCCCCC(O)CCC(=O)O. The molecule has 0 spiro atoms. The minimum atomic E-state index is -0.844. The third-order valence-electron chi connectivity index (χ3n) is 2.91. The molecule has 0 heterocycles. The standard InChI is InChI=1S/C18H28O3/c1-2-3-4-5-6-7-8-9-10-11-12-13-14-17(19)15-16-18(20)21/h3-10,17,19H,2,11-16H2,1H3,(H,20,21). The van der Waals surface area contributed by atoms with Gasteiger partial charge in [-0.05, 0) is 32.1 Å². The quantitative estimate of drug-likeness (QED) is 0.414. The predicted molar refractivity (Wildman–Crippen MR) is 88.2 cm³/mol. The Labute approximate surface area is 128 Å². The molecule has 0 aromatic heterocycles. The number of allylic oxidation sites excluding steroid dienone is 8. The van der Waals surface area contributed by atoms with Gasteiger partial charge in [0.15, 0.2) is 0 Å². The number of aliphatic hydroxyl groups is 1. The van der Waals surface area contributed by atoms with Crippen LogP contribution < -0.4 is 0 Å². The lowest BCUT2D eigenvalue weighted by atomic mass is 10.1. The number of aliphatic carboxylic acids is 1. The first-order chi connectivity index (χ1) is 10.2. The fourth-order valence-electron chi connectivity index (χ4n) is 1.72. The molecule has 0 fully saturated rings. The van der Waals surface area contributed by atoms with Gasteiger partial charge in [-0.2, -0.15) is 0 Å². The van der Waals surface area contributed by atoms with Crippen LogP contribution in [0.1, 0.15) is 51.9 Å². The van der Waals surface area contributed by atoms with Gasteiger partial charge >= 0.3 is 5.97 Å². The summed E-state index contributed by atoms with van der Waals surface area (Å²) in [5.41, 5.74) is 0. The van der Waals surface area contributed by atoms with Crippen molar-refractivity contribution in [3.8, 4) is 0 Å². The molecule has 21 heavy (non-hydrogen) atoms. The van der Waals surface area contributed by atoms with E-state index in [-0.39, 0.29) is 6.42 Å². The van der Waals surface area contributed by atoms with E-state index in [2.05, 4.69) is 19.1 Å². The van der Waals surface area contributed by atoms with E-state index in [0.29, 0.717) is 12.8 Å². The number of carboxylic acids is 1. The molecule has 0 radical (unpaired) electrons. The summed E-state index contributed by atoms with van der Waals surface area (Å²) in [4.78, 5) is 10.3. The molecule has 0 bridgehead atoms. The molecule has 1 unspecified atom stereocenters. The summed E-state index contributed by atoms with van der Waals surface area (Å²) in [6, 6.07) is 0. The Balaban J connectivity index is 3.51. The average molecular weight is 292 g/mol. The van der Waals surface area contributed by atoms with Gasteiger partial charge in [0.05, 0.1) is 6.10 Å². The Hall–Kier alpha value is -1.61. The molecule has 3 heteroatoms. The predicted octanol–water partition coefficient (Wildman–Crippen LogP) is 4.41. The average Bonchev–Trinajstić information content (AvgIpc) is 2.46. The molecule has 0 aliphatic rings. The minimum Gasteiger partial charge on any atom is -0.481 e. The van der Waals surface area contributed by atoms with Gasteiger partial charge in [0, 0.05) is 6.42 Å². The summed E-state index contributed by atoms with van der Waals surface area (Å²) < 4.78 is 0. The van der Waals surface area contributed by atoms with E-state index in [1.165, 1.54) is 0 Å². The van der Waals surface area contributed by atoms with E-state index in [1.807, 2.05) is 36.5 Å². The number of hydrogen-bond acceptors (Lipinski definition) is 2. The number of carboxylic acid groups (broad SMARTS) is 1. The van der Waals surface area contributed by atoms with Crippen molar-refractivity contribution >= 4 is 5.97 Å². The molecular formula is C18H28O3. The van der Waals surface area contributed by atoms with E-state index in [1.54, 1.807) is 0 Å². The molecule has 0 aromatic carbocycles. The zero-order valence-corrected chi connectivity index (χ0v) is 12.9. The van der Waals surface area contributed by atoms with Gasteiger partial charge in [0.2, 0.25) is 0 Å². The maximum absolute atomic E-state index is 10.3. The number of rotatable bonds is 12. The molecule has 0 saturated carbocycles. The van der Waals surface area contributed by atoms with Crippen LogP contribution in [0.4, 0.5) is 0 Å². The Kier molecular flexibility index (Phi) is 13.7. The van der Waals surface area contributed by atoms with Crippen molar-refractivity contribution in [1.82, 2.24) is 0 Å². The number of carbonyl (C=O) groups is 1. The Morgan fingerprint density at radius 2 is 1.57 bits per heavy atom. The topological polar surface area (TPSA) is 57.5 Å². The highest BCUT2D eigenvalue weighted by molar-refractivity contribution is 5.66. The number of aliphatic hydroxyl groups excluding tert-OH is 1. The molecule has 2 N–H and O–H groups in total. The summed E-state index contributed by atoms with van der Waals surface area (Å²) in [6.07, 6.45) is 20.8. The van der Waals surface area contributed by atoms with Gasteiger partial charge in [0.25, 0.3) is 0 Å². The molecule has 1 atom stereocenters. The van der Waals surface area contributed by atoms with Crippen LogP contribution in [0.3, 0.4) is 0 Å². The Bertz CT molecular complexity index is 365. The van der Waals surface area contributed by atoms with Gasteiger partial charge in [-0.1, -0.05) is 62.0 Å². The van der Waals surface area contributed by atoms with E-state index >= 15 is 0 Å². The van der Waals surface area contributed by atoms with Gasteiger partial charge in [-0.25, -0.2) is 0 Å². The zero-order valence-electron chi connectivity index (χ0n) is 12.9. The van der Waals surface area contributed by atoms with Crippen LogP contribution in [0, 0.1) is 0 Å². The monoisotopic (exact) mass is 292 g/mol. The minimum absolute atomic E-state index is 0.0484. The van der Waals surface area contributed by atoms with Gasteiger partial charge in [-0.3, -0.25) is 4.79 Å². The van der Waals surface area contributed by atoms with Crippen molar-refractivity contribution in [1.29, 1.82) is 0 Å². The first-order valence-electron chi connectivity index (χ1n) is 7.71. The maximum atomic E-state index is 10.3. The fraction of sp³-hybridized carbons (Fsp3) is 0.500. The Morgan fingerprint density at radius 3 is 2.19 bits per heavy atom.